The van der Waals surface area contributed by atoms with Crippen LogP contribution in [0, 0.1) is 0 Å². The molecule has 1 aliphatic rings. The van der Waals surface area contributed by atoms with Gasteiger partial charge >= 0.3 is 0 Å². The van der Waals surface area contributed by atoms with Crippen molar-refractivity contribution >= 4 is 46.5 Å². The summed E-state index contributed by atoms with van der Waals surface area (Å²) in [6.45, 7) is 3.90. The maximum Gasteiger partial charge on any atom is 0.0660 e. The Morgan fingerprint density at radius 1 is 0.920 bits per heavy atom. The molecular formula is C19H23Cl2N3S. The number of hydrogen-bond acceptors (Lipinski definition) is 4. The first-order chi connectivity index (χ1) is 12.2. The van der Waals surface area contributed by atoms with Crippen LogP contribution < -0.4 is 14.9 Å². The molecule has 0 spiro atoms. The number of piperidine rings is 1. The second kappa shape index (κ2) is 9.58. The smallest absolute Gasteiger partial charge is 0.0660 e. The molecule has 25 heavy (non-hydrogen) atoms. The zero-order chi connectivity index (χ0) is 17.5. The van der Waals surface area contributed by atoms with Crippen molar-refractivity contribution in [1.29, 1.82) is 0 Å². The molecule has 1 saturated heterocycles. The Morgan fingerprint density at radius 3 is 2.40 bits per heavy atom. The van der Waals surface area contributed by atoms with Crippen molar-refractivity contribution in [2.45, 2.75) is 24.2 Å². The lowest BCUT2D eigenvalue weighted by molar-refractivity contribution is 0.578. The van der Waals surface area contributed by atoms with E-state index in [1.54, 1.807) is 11.9 Å². The maximum absolute atomic E-state index is 6.48. The lowest BCUT2D eigenvalue weighted by atomic mass is 10.1. The lowest BCUT2D eigenvalue weighted by Gasteiger charge is -2.29. The van der Waals surface area contributed by atoms with Gasteiger partial charge in [-0.3, -0.25) is 4.72 Å². The number of hydrogen-bond donors (Lipinski definition) is 2. The molecule has 134 valence electrons. The predicted octanol–water partition coefficient (Wildman–Crippen LogP) is 5.69. The normalized spacial score (nSPS) is 14.6. The van der Waals surface area contributed by atoms with Gasteiger partial charge in [0.2, 0.25) is 0 Å². The van der Waals surface area contributed by atoms with E-state index in [0.717, 1.165) is 52.5 Å². The summed E-state index contributed by atoms with van der Waals surface area (Å²) in [5.41, 5.74) is 2.22. The van der Waals surface area contributed by atoms with E-state index in [-0.39, 0.29) is 0 Å². The zero-order valence-corrected chi connectivity index (χ0v) is 16.4. The van der Waals surface area contributed by atoms with Crippen LogP contribution in [0.5, 0.6) is 0 Å². The van der Waals surface area contributed by atoms with Gasteiger partial charge in [-0.2, -0.15) is 0 Å². The number of nitrogens with zero attached hydrogens (tertiary/aromatic N) is 1. The van der Waals surface area contributed by atoms with Gasteiger partial charge in [-0.1, -0.05) is 23.2 Å². The molecule has 2 aromatic rings. The number of nitrogens with one attached hydrogen (secondary N) is 2. The van der Waals surface area contributed by atoms with E-state index >= 15 is 0 Å². The van der Waals surface area contributed by atoms with E-state index in [1.807, 2.05) is 30.3 Å². The molecule has 3 nitrogen and oxygen atoms in total. The summed E-state index contributed by atoms with van der Waals surface area (Å²) in [4.78, 5) is 3.54. The van der Waals surface area contributed by atoms with E-state index in [9.17, 15) is 0 Å². The molecule has 2 aromatic carbocycles. The van der Waals surface area contributed by atoms with Crippen molar-refractivity contribution in [2.24, 2.45) is 0 Å². The molecule has 0 aliphatic carbocycles. The summed E-state index contributed by atoms with van der Waals surface area (Å²) in [5, 5.41) is 5.00. The second-order valence-corrected chi connectivity index (χ2v) is 7.90. The molecule has 0 radical (unpaired) electrons. The third-order valence-corrected chi connectivity index (χ3v) is 5.62. The van der Waals surface area contributed by atoms with Crippen molar-refractivity contribution in [3.63, 3.8) is 0 Å². The van der Waals surface area contributed by atoms with Crippen LogP contribution in [0.15, 0.2) is 47.4 Å². The highest BCUT2D eigenvalue weighted by Crippen LogP contribution is 2.30. The molecule has 1 heterocycles. The first-order valence-electron chi connectivity index (χ1n) is 8.66. The van der Waals surface area contributed by atoms with Crippen LogP contribution in [0.4, 0.5) is 11.4 Å². The van der Waals surface area contributed by atoms with Crippen LogP contribution in [-0.4, -0.2) is 26.2 Å². The number of halogens is 2. The molecule has 3 rings (SSSR count). The van der Waals surface area contributed by atoms with Gasteiger partial charge in [0.1, 0.15) is 0 Å². The van der Waals surface area contributed by atoms with E-state index < -0.39 is 0 Å². The van der Waals surface area contributed by atoms with Crippen LogP contribution in [0.2, 0.25) is 10.0 Å². The minimum atomic E-state index is 0.760. The van der Waals surface area contributed by atoms with Crippen molar-refractivity contribution in [1.82, 2.24) is 4.72 Å². The van der Waals surface area contributed by atoms with Gasteiger partial charge in [0.05, 0.1) is 10.7 Å². The van der Waals surface area contributed by atoms with Crippen molar-refractivity contribution < 1.29 is 0 Å². The Bertz CT molecular complexity index is 673. The van der Waals surface area contributed by atoms with E-state index in [0.29, 0.717) is 0 Å². The largest absolute Gasteiger partial charge is 0.384 e. The van der Waals surface area contributed by atoms with E-state index in [1.165, 1.54) is 19.3 Å². The molecule has 0 bridgehead atoms. The quantitative estimate of drug-likeness (QED) is 0.464. The number of benzene rings is 2. The molecule has 6 heteroatoms. The monoisotopic (exact) mass is 395 g/mol. The van der Waals surface area contributed by atoms with Gasteiger partial charge in [0.15, 0.2) is 0 Å². The summed E-state index contributed by atoms with van der Waals surface area (Å²) in [5.74, 6) is 0. The van der Waals surface area contributed by atoms with Gasteiger partial charge in [-0.25, -0.2) is 0 Å². The minimum Gasteiger partial charge on any atom is -0.384 e. The molecule has 0 saturated carbocycles. The first-order valence-corrected chi connectivity index (χ1v) is 10.2. The third kappa shape index (κ3) is 5.71. The number of anilines is 2. The van der Waals surface area contributed by atoms with Gasteiger partial charge in [-0.05, 0) is 73.7 Å². The summed E-state index contributed by atoms with van der Waals surface area (Å²) in [6, 6.07) is 14.1. The van der Waals surface area contributed by atoms with Crippen LogP contribution >= 0.6 is 35.1 Å². The van der Waals surface area contributed by atoms with Crippen LogP contribution in [-0.2, 0) is 0 Å². The SMILES string of the molecule is Clc1ccc(SNCCNc2ccc(N3CCCCC3)c(Cl)c2)cc1. The fourth-order valence-electron chi connectivity index (χ4n) is 2.90. The van der Waals surface area contributed by atoms with Gasteiger partial charge in [0.25, 0.3) is 0 Å². The Kier molecular flexibility index (Phi) is 7.17. The molecule has 0 aromatic heterocycles. The maximum atomic E-state index is 6.48. The molecule has 2 N–H and O–H groups in total. The van der Waals surface area contributed by atoms with E-state index in [4.69, 9.17) is 23.2 Å². The molecule has 1 fully saturated rings. The third-order valence-electron chi connectivity index (χ3n) is 4.20. The Hall–Kier alpha value is -1.07. The summed E-state index contributed by atoms with van der Waals surface area (Å²) < 4.78 is 3.34. The molecular weight excluding hydrogens is 373 g/mol. The summed E-state index contributed by atoms with van der Waals surface area (Å²) >= 11 is 14.0. The average Bonchev–Trinajstić information content (AvgIpc) is 2.64. The summed E-state index contributed by atoms with van der Waals surface area (Å²) in [7, 11) is 0. The molecule has 0 amide bonds. The zero-order valence-electron chi connectivity index (χ0n) is 14.1. The highest BCUT2D eigenvalue weighted by atomic mass is 35.5. The van der Waals surface area contributed by atoms with Crippen molar-refractivity contribution in [3.8, 4) is 0 Å². The Labute approximate surface area is 164 Å². The predicted molar refractivity (Wildman–Crippen MR) is 111 cm³/mol. The topological polar surface area (TPSA) is 27.3 Å². The van der Waals surface area contributed by atoms with Gasteiger partial charge in [-0.15, -0.1) is 0 Å². The van der Waals surface area contributed by atoms with Crippen LogP contribution in [0.25, 0.3) is 0 Å². The van der Waals surface area contributed by atoms with E-state index in [2.05, 4.69) is 27.1 Å². The van der Waals surface area contributed by atoms with Crippen LogP contribution in [0.3, 0.4) is 0 Å². The van der Waals surface area contributed by atoms with Crippen LogP contribution in [0.1, 0.15) is 19.3 Å². The van der Waals surface area contributed by atoms with Gasteiger partial charge < -0.3 is 10.2 Å². The standard InChI is InChI=1S/C19H23Cl2N3S/c20-15-4-7-17(8-5-15)25-23-11-10-22-16-6-9-19(18(21)14-16)24-12-2-1-3-13-24/h4-9,14,22-23H,1-3,10-13H2. The fourth-order valence-corrected chi connectivity index (χ4v) is 3.97. The van der Waals surface area contributed by atoms with Gasteiger partial charge in [0, 0.05) is 41.8 Å². The average molecular weight is 396 g/mol. The lowest BCUT2D eigenvalue weighted by Crippen LogP contribution is -2.29. The Balaban J connectivity index is 1.42. The molecule has 0 unspecified atom stereocenters. The second-order valence-electron chi connectivity index (χ2n) is 6.09. The summed E-state index contributed by atoms with van der Waals surface area (Å²) in [6.07, 6.45) is 3.84. The van der Waals surface area contributed by atoms with Crippen molar-refractivity contribution in [3.05, 3.63) is 52.5 Å². The van der Waals surface area contributed by atoms with Crippen molar-refractivity contribution in [2.75, 3.05) is 36.4 Å². The first kappa shape index (κ1) is 18.7. The molecule has 1 aliphatic heterocycles. The Morgan fingerprint density at radius 2 is 1.68 bits per heavy atom. The fraction of sp³-hybridized carbons (Fsp3) is 0.368. The minimum absolute atomic E-state index is 0.760. The highest BCUT2D eigenvalue weighted by Gasteiger charge is 2.13. The number of rotatable bonds is 7. The molecule has 0 atom stereocenters. The highest BCUT2D eigenvalue weighted by molar-refractivity contribution is 7.97.